The molecule has 8 heteroatoms. The number of hydrogen-bond donors (Lipinski definition) is 1. The summed E-state index contributed by atoms with van der Waals surface area (Å²) in [4.78, 5) is 32.5. The minimum atomic E-state index is -0.589. The number of carbonyl (C=O) groups excluding carboxylic acids is 2. The number of methoxy groups -OCH3 is 2. The molecule has 0 fully saturated rings. The average Bonchev–Trinajstić information content (AvgIpc) is 2.90. The van der Waals surface area contributed by atoms with Crippen molar-refractivity contribution < 1.29 is 19.1 Å². The Morgan fingerprint density at radius 1 is 1.03 bits per heavy atom. The van der Waals surface area contributed by atoms with Gasteiger partial charge in [0.1, 0.15) is 0 Å². The first-order chi connectivity index (χ1) is 17.4. The van der Waals surface area contributed by atoms with Crippen molar-refractivity contribution in [3.8, 4) is 11.5 Å². The molecule has 196 valence electrons. The van der Waals surface area contributed by atoms with Gasteiger partial charge in [-0.05, 0) is 67.6 Å². The molecule has 1 heterocycles. The third-order valence-electron chi connectivity index (χ3n) is 6.72. The lowest BCUT2D eigenvalue weighted by molar-refractivity contribution is -0.124. The number of nitrogens with zero attached hydrogens (tertiary/aromatic N) is 2. The van der Waals surface area contributed by atoms with Crippen LogP contribution in [0, 0.1) is 0 Å². The highest BCUT2D eigenvalue weighted by atomic mass is 32.2. The summed E-state index contributed by atoms with van der Waals surface area (Å²) in [5, 5.41) is 3.17. The van der Waals surface area contributed by atoms with E-state index in [0.717, 1.165) is 42.9 Å². The Morgan fingerprint density at radius 2 is 1.64 bits per heavy atom. The Labute approximate surface area is 219 Å². The lowest BCUT2D eigenvalue weighted by Crippen LogP contribution is -2.46. The Morgan fingerprint density at radius 3 is 2.19 bits per heavy atom. The first-order valence-corrected chi connectivity index (χ1v) is 13.8. The Bertz CT molecular complexity index is 1040. The van der Waals surface area contributed by atoms with Gasteiger partial charge in [0.15, 0.2) is 11.5 Å². The maximum absolute atomic E-state index is 13.8. The Hall–Kier alpha value is -2.71. The molecule has 2 atom stereocenters. The SMILES string of the molecule is CCCN(CCC)CCNC(=O)[C@@H]1c2cc(OC)c(OC)cc2C(=O)N(C)[C@@H]1c1ccc(SC)cc1. The van der Waals surface area contributed by atoms with E-state index >= 15 is 0 Å². The van der Waals surface area contributed by atoms with Gasteiger partial charge in [-0.3, -0.25) is 9.59 Å². The predicted molar refractivity (Wildman–Crippen MR) is 145 cm³/mol. The van der Waals surface area contributed by atoms with Gasteiger partial charge in [0.05, 0.1) is 26.2 Å². The fourth-order valence-corrected chi connectivity index (χ4v) is 5.37. The standard InChI is InChI=1S/C28H39N3O4S/c1-7-14-31(15-8-2)16-13-29-27(32)25-21-17-23(34-4)24(35-5)18-22(21)28(33)30(3)26(25)19-9-11-20(36-6)12-10-19/h9-12,17-18,25-26H,7-8,13-16H2,1-6H3,(H,29,32)/t25-,26-/m1/s1. The van der Waals surface area contributed by atoms with E-state index in [0.29, 0.717) is 29.2 Å². The average molecular weight is 514 g/mol. The van der Waals surface area contributed by atoms with Crippen LogP contribution < -0.4 is 14.8 Å². The molecule has 0 spiro atoms. The van der Waals surface area contributed by atoms with Crippen molar-refractivity contribution in [1.29, 1.82) is 0 Å². The molecule has 2 aromatic carbocycles. The second-order valence-corrected chi connectivity index (χ2v) is 9.92. The van der Waals surface area contributed by atoms with Gasteiger partial charge in [0.25, 0.3) is 5.91 Å². The van der Waals surface area contributed by atoms with Crippen LogP contribution in [0.2, 0.25) is 0 Å². The van der Waals surface area contributed by atoms with Crippen LogP contribution in [0.5, 0.6) is 11.5 Å². The number of rotatable bonds is 12. The smallest absolute Gasteiger partial charge is 0.254 e. The molecule has 3 rings (SSSR count). The molecule has 1 aliphatic rings. The molecule has 0 bridgehead atoms. The largest absolute Gasteiger partial charge is 0.493 e. The number of thioether (sulfide) groups is 1. The lowest BCUT2D eigenvalue weighted by Gasteiger charge is -2.40. The second kappa shape index (κ2) is 13.0. The van der Waals surface area contributed by atoms with Crippen molar-refractivity contribution >= 4 is 23.6 Å². The molecule has 0 aromatic heterocycles. The van der Waals surface area contributed by atoms with E-state index in [1.165, 1.54) is 0 Å². The van der Waals surface area contributed by atoms with Crippen molar-refractivity contribution in [3.05, 3.63) is 53.1 Å². The molecule has 2 amide bonds. The number of nitrogens with one attached hydrogen (secondary N) is 1. The summed E-state index contributed by atoms with van der Waals surface area (Å²) >= 11 is 1.66. The predicted octanol–water partition coefficient (Wildman–Crippen LogP) is 4.57. The molecule has 36 heavy (non-hydrogen) atoms. The van der Waals surface area contributed by atoms with Crippen LogP contribution in [0.15, 0.2) is 41.3 Å². The van der Waals surface area contributed by atoms with Gasteiger partial charge >= 0.3 is 0 Å². The molecule has 0 saturated carbocycles. The van der Waals surface area contributed by atoms with Crippen LogP contribution in [0.25, 0.3) is 0 Å². The van der Waals surface area contributed by atoms with E-state index in [4.69, 9.17) is 9.47 Å². The highest BCUT2D eigenvalue weighted by Crippen LogP contribution is 2.45. The van der Waals surface area contributed by atoms with E-state index in [9.17, 15) is 9.59 Å². The topological polar surface area (TPSA) is 71.1 Å². The number of ether oxygens (including phenoxy) is 2. The first-order valence-electron chi connectivity index (χ1n) is 12.6. The van der Waals surface area contributed by atoms with Crippen LogP contribution >= 0.6 is 11.8 Å². The minimum Gasteiger partial charge on any atom is -0.493 e. The number of carbonyl (C=O) groups is 2. The summed E-state index contributed by atoms with van der Waals surface area (Å²) in [6.07, 6.45) is 4.18. The molecule has 0 unspecified atom stereocenters. The van der Waals surface area contributed by atoms with Crippen LogP contribution in [0.4, 0.5) is 0 Å². The maximum atomic E-state index is 13.8. The van der Waals surface area contributed by atoms with Crippen molar-refractivity contribution in [1.82, 2.24) is 15.1 Å². The van der Waals surface area contributed by atoms with E-state index in [2.05, 4.69) is 24.1 Å². The zero-order valence-electron chi connectivity index (χ0n) is 22.3. The monoisotopic (exact) mass is 513 g/mol. The zero-order chi connectivity index (χ0) is 26.2. The summed E-state index contributed by atoms with van der Waals surface area (Å²) < 4.78 is 11.0. The van der Waals surface area contributed by atoms with Crippen molar-refractivity contribution in [2.75, 3.05) is 53.7 Å². The fraction of sp³-hybridized carbons (Fsp3) is 0.500. The highest BCUT2D eigenvalue weighted by molar-refractivity contribution is 7.98. The van der Waals surface area contributed by atoms with Crippen LogP contribution in [0.3, 0.4) is 0 Å². The summed E-state index contributed by atoms with van der Waals surface area (Å²) in [5.41, 5.74) is 2.04. The van der Waals surface area contributed by atoms with Gasteiger partial charge < -0.3 is 24.6 Å². The number of amides is 2. The molecule has 1 aliphatic heterocycles. The Balaban J connectivity index is 2.01. The van der Waals surface area contributed by atoms with Crippen molar-refractivity contribution in [2.45, 2.75) is 43.5 Å². The molecular weight excluding hydrogens is 474 g/mol. The lowest BCUT2D eigenvalue weighted by atomic mass is 9.79. The van der Waals surface area contributed by atoms with Crippen LogP contribution in [-0.4, -0.2) is 75.3 Å². The third kappa shape index (κ3) is 5.98. The van der Waals surface area contributed by atoms with E-state index in [-0.39, 0.29) is 11.8 Å². The van der Waals surface area contributed by atoms with Crippen LogP contribution in [-0.2, 0) is 4.79 Å². The summed E-state index contributed by atoms with van der Waals surface area (Å²) in [5.74, 6) is 0.129. The zero-order valence-corrected chi connectivity index (χ0v) is 23.1. The molecule has 2 aromatic rings. The number of likely N-dealkylation sites (N-methyl/N-ethyl adjacent to an activating group) is 1. The maximum Gasteiger partial charge on any atom is 0.254 e. The summed E-state index contributed by atoms with van der Waals surface area (Å²) in [6, 6.07) is 11.1. The van der Waals surface area contributed by atoms with Gasteiger partial charge in [-0.1, -0.05) is 26.0 Å². The molecule has 0 aliphatic carbocycles. The first kappa shape index (κ1) is 27.9. The summed E-state index contributed by atoms with van der Waals surface area (Å²) in [6.45, 7) is 7.70. The van der Waals surface area contributed by atoms with Crippen molar-refractivity contribution in [3.63, 3.8) is 0 Å². The molecular formula is C28H39N3O4S. The van der Waals surface area contributed by atoms with Gasteiger partial charge in [0.2, 0.25) is 5.91 Å². The van der Waals surface area contributed by atoms with Crippen molar-refractivity contribution in [2.24, 2.45) is 0 Å². The second-order valence-electron chi connectivity index (χ2n) is 9.04. The number of hydrogen-bond acceptors (Lipinski definition) is 6. The minimum absolute atomic E-state index is 0.102. The molecule has 1 N–H and O–H groups in total. The van der Waals surface area contributed by atoms with E-state index in [1.54, 1.807) is 50.1 Å². The van der Waals surface area contributed by atoms with Gasteiger partial charge in [-0.15, -0.1) is 11.8 Å². The highest BCUT2D eigenvalue weighted by Gasteiger charge is 2.43. The van der Waals surface area contributed by atoms with Gasteiger partial charge in [0, 0.05) is 30.6 Å². The molecule has 0 saturated heterocycles. The normalized spacial score (nSPS) is 17.2. The fourth-order valence-electron chi connectivity index (χ4n) is 4.96. The Kier molecular flexibility index (Phi) is 10.1. The third-order valence-corrected chi connectivity index (χ3v) is 7.46. The van der Waals surface area contributed by atoms with Crippen LogP contribution in [0.1, 0.15) is 60.1 Å². The van der Waals surface area contributed by atoms with Gasteiger partial charge in [-0.2, -0.15) is 0 Å². The quantitative estimate of drug-likeness (QED) is 0.419. The number of benzene rings is 2. The summed E-state index contributed by atoms with van der Waals surface area (Å²) in [7, 11) is 4.87. The van der Waals surface area contributed by atoms with E-state index in [1.807, 2.05) is 30.5 Å². The number of fused-ring (bicyclic) bond motifs is 1. The van der Waals surface area contributed by atoms with E-state index < -0.39 is 12.0 Å². The van der Waals surface area contributed by atoms with Gasteiger partial charge in [-0.25, -0.2) is 0 Å². The molecule has 0 radical (unpaired) electrons. The molecule has 7 nitrogen and oxygen atoms in total.